The molecule has 0 bridgehead atoms. The summed E-state index contributed by atoms with van der Waals surface area (Å²) in [7, 11) is 0. The Hall–Kier alpha value is -2.90. The maximum atomic E-state index is 13.0. The van der Waals surface area contributed by atoms with Gasteiger partial charge in [0.1, 0.15) is 12.2 Å². The molecule has 0 saturated heterocycles. The number of aromatic amines is 1. The quantitative estimate of drug-likeness (QED) is 0.613. The largest absolute Gasteiger partial charge is 0.377 e. The second kappa shape index (κ2) is 7.90. The van der Waals surface area contributed by atoms with Gasteiger partial charge in [0.2, 0.25) is 5.91 Å². The Morgan fingerprint density at radius 2 is 1.94 bits per heavy atom. The first-order chi connectivity index (χ1) is 15.1. The molecule has 2 aromatic heterocycles. The topological polar surface area (TPSA) is 109 Å². The number of hydrogen-bond acceptors (Lipinski definition) is 5. The van der Waals surface area contributed by atoms with Gasteiger partial charge >= 0.3 is 0 Å². The number of carbonyl (C=O) groups is 1. The van der Waals surface area contributed by atoms with Crippen LogP contribution in [0.4, 0.5) is 5.69 Å². The minimum Gasteiger partial charge on any atom is -0.377 e. The van der Waals surface area contributed by atoms with Crippen LogP contribution in [0, 0.1) is 22.7 Å². The molecule has 0 radical (unpaired) electrons. The molecule has 2 heterocycles. The van der Waals surface area contributed by atoms with Crippen molar-refractivity contribution in [2.75, 3.05) is 5.32 Å². The van der Waals surface area contributed by atoms with Gasteiger partial charge in [0.05, 0.1) is 0 Å². The zero-order chi connectivity index (χ0) is 23.3. The first-order valence-electron chi connectivity index (χ1n) is 11.4. The van der Waals surface area contributed by atoms with Crippen LogP contribution in [-0.4, -0.2) is 26.7 Å². The number of fused-ring (bicyclic) bond motifs is 1. The van der Waals surface area contributed by atoms with Crippen LogP contribution in [0.15, 0.2) is 34.1 Å². The number of carbonyl (C=O) groups excluding carboxylic acids is 1. The number of pyridine rings is 1. The summed E-state index contributed by atoms with van der Waals surface area (Å²) in [6.45, 7) is 11.1. The molecule has 2 fully saturated rings. The zero-order valence-electron chi connectivity index (χ0n) is 19.5. The number of nitrogens with one attached hydrogen (secondary N) is 3. The molecule has 2 aromatic rings. The fourth-order valence-corrected chi connectivity index (χ4v) is 6.06. The molecule has 8 heteroatoms. The monoisotopic (exact) mass is 439 g/mol. The van der Waals surface area contributed by atoms with Crippen molar-refractivity contribution in [2.45, 2.75) is 66.6 Å². The average Bonchev–Trinajstić information content (AvgIpc) is 2.77. The highest BCUT2D eigenvalue weighted by molar-refractivity contribution is 5.75. The van der Waals surface area contributed by atoms with Gasteiger partial charge in [-0.05, 0) is 53.2 Å². The lowest BCUT2D eigenvalue weighted by molar-refractivity contribution is -0.240. The van der Waals surface area contributed by atoms with Gasteiger partial charge < -0.3 is 10.6 Å². The molecule has 172 valence electrons. The van der Waals surface area contributed by atoms with Gasteiger partial charge in [-0.25, -0.2) is 4.68 Å². The summed E-state index contributed by atoms with van der Waals surface area (Å²) in [5, 5.41) is 8.78. The Morgan fingerprint density at radius 1 is 1.25 bits per heavy atom. The number of rotatable bonds is 7. The van der Waals surface area contributed by atoms with E-state index in [1.54, 1.807) is 24.5 Å². The third-order valence-electron chi connectivity index (χ3n) is 8.40. The van der Waals surface area contributed by atoms with Crippen LogP contribution in [0.1, 0.15) is 52.2 Å². The molecule has 1 amide bonds. The van der Waals surface area contributed by atoms with Crippen LogP contribution >= 0.6 is 0 Å². The van der Waals surface area contributed by atoms with Gasteiger partial charge in [-0.2, -0.15) is 0 Å². The van der Waals surface area contributed by atoms with E-state index in [0.717, 1.165) is 16.7 Å². The van der Waals surface area contributed by atoms with E-state index in [9.17, 15) is 14.4 Å². The van der Waals surface area contributed by atoms with Crippen molar-refractivity contribution in [2.24, 2.45) is 22.7 Å². The number of anilines is 1. The molecule has 0 aliphatic heterocycles. The fraction of sp³-hybridized carbons (Fsp3) is 0.583. The first kappa shape index (κ1) is 22.3. The molecular formula is C24H33N5O3. The number of H-pyrrole nitrogens is 1. The van der Waals surface area contributed by atoms with Crippen LogP contribution in [0.3, 0.4) is 0 Å². The summed E-state index contributed by atoms with van der Waals surface area (Å²) in [6, 6.07) is 3.78. The maximum Gasteiger partial charge on any atom is 0.286 e. The van der Waals surface area contributed by atoms with E-state index in [1.165, 1.54) is 0 Å². The Labute approximate surface area is 187 Å². The second-order valence-corrected chi connectivity index (χ2v) is 10.1. The van der Waals surface area contributed by atoms with Crippen LogP contribution < -0.4 is 21.8 Å². The molecule has 32 heavy (non-hydrogen) atoms. The standard InChI is InChI=1S/C24H33N5O3/c1-6-16-20(27-18-11-17-23(3,4)14(2)24(17,18)5)21(31)28-29(22(16)32)13-19(30)26-12-15-7-9-25-10-8-15/h7-10,14,17-18,27H,6,11-13H2,1-5H3,(H,26,30)(H,28,31)/t14-,17-,18+,24?/m0/s1. The predicted molar refractivity (Wildman–Crippen MR) is 123 cm³/mol. The van der Waals surface area contributed by atoms with E-state index in [0.29, 0.717) is 41.5 Å². The number of nitrogens with zero attached hydrogens (tertiary/aromatic N) is 2. The summed E-state index contributed by atoms with van der Waals surface area (Å²) in [4.78, 5) is 42.3. The molecular weight excluding hydrogens is 406 g/mol. The predicted octanol–water partition coefficient (Wildman–Crippen LogP) is 2.29. The third kappa shape index (κ3) is 3.36. The summed E-state index contributed by atoms with van der Waals surface area (Å²) in [6.07, 6.45) is 4.71. The number of aromatic nitrogens is 3. The number of hydrogen-bond donors (Lipinski definition) is 3. The molecule has 4 atom stereocenters. The van der Waals surface area contributed by atoms with Gasteiger partial charge in [-0.1, -0.05) is 34.6 Å². The summed E-state index contributed by atoms with van der Waals surface area (Å²) >= 11 is 0. The van der Waals surface area contributed by atoms with Crippen molar-refractivity contribution in [1.29, 1.82) is 0 Å². The van der Waals surface area contributed by atoms with Crippen molar-refractivity contribution < 1.29 is 4.79 Å². The summed E-state index contributed by atoms with van der Waals surface area (Å²) < 4.78 is 1.11. The highest BCUT2D eigenvalue weighted by Gasteiger charge is 2.71. The molecule has 1 unspecified atom stereocenters. The van der Waals surface area contributed by atoms with Crippen molar-refractivity contribution in [1.82, 2.24) is 20.1 Å². The number of amides is 1. The minimum absolute atomic E-state index is 0.128. The van der Waals surface area contributed by atoms with Crippen molar-refractivity contribution in [3.63, 3.8) is 0 Å². The Kier molecular flexibility index (Phi) is 5.51. The molecule has 0 spiro atoms. The minimum atomic E-state index is -0.360. The fourth-order valence-electron chi connectivity index (χ4n) is 6.06. The first-order valence-corrected chi connectivity index (χ1v) is 11.4. The average molecular weight is 440 g/mol. The lowest BCUT2D eigenvalue weighted by Crippen LogP contribution is -2.74. The highest BCUT2D eigenvalue weighted by Crippen LogP contribution is 2.73. The van der Waals surface area contributed by atoms with Crippen molar-refractivity contribution in [3.8, 4) is 0 Å². The van der Waals surface area contributed by atoms with Gasteiger partial charge in [0.15, 0.2) is 0 Å². The SMILES string of the molecule is CCc1c(N[C@@H]2C[C@H]3C(C)(C)[C@H](C)C23C)c(=O)[nH]n(CC(=O)NCc2ccncc2)c1=O. The molecule has 2 aliphatic rings. The van der Waals surface area contributed by atoms with E-state index in [4.69, 9.17) is 0 Å². The van der Waals surface area contributed by atoms with E-state index in [-0.39, 0.29) is 35.0 Å². The van der Waals surface area contributed by atoms with Gasteiger partial charge in [-0.15, -0.1) is 0 Å². The molecule has 3 N–H and O–H groups in total. The van der Waals surface area contributed by atoms with Crippen LogP contribution in [0.2, 0.25) is 0 Å². The van der Waals surface area contributed by atoms with Crippen LogP contribution in [-0.2, 0) is 24.3 Å². The summed E-state index contributed by atoms with van der Waals surface area (Å²) in [5.41, 5.74) is 1.42. The van der Waals surface area contributed by atoms with Crippen molar-refractivity contribution in [3.05, 3.63) is 56.4 Å². The van der Waals surface area contributed by atoms with E-state index in [1.807, 2.05) is 6.92 Å². The lowest BCUT2D eigenvalue weighted by Gasteiger charge is -2.75. The summed E-state index contributed by atoms with van der Waals surface area (Å²) in [5.74, 6) is 0.804. The molecule has 2 saturated carbocycles. The lowest BCUT2D eigenvalue weighted by atomic mass is 9.31. The second-order valence-electron chi connectivity index (χ2n) is 10.1. The van der Waals surface area contributed by atoms with E-state index >= 15 is 0 Å². The van der Waals surface area contributed by atoms with Crippen LogP contribution in [0.25, 0.3) is 0 Å². The smallest absolute Gasteiger partial charge is 0.286 e. The van der Waals surface area contributed by atoms with Gasteiger partial charge in [0, 0.05) is 30.5 Å². The third-order valence-corrected chi connectivity index (χ3v) is 8.40. The van der Waals surface area contributed by atoms with Crippen molar-refractivity contribution >= 4 is 11.6 Å². The normalized spacial score (nSPS) is 27.6. The van der Waals surface area contributed by atoms with Gasteiger partial charge in [0.25, 0.3) is 11.1 Å². The molecule has 8 nitrogen and oxygen atoms in total. The molecule has 0 aromatic carbocycles. The van der Waals surface area contributed by atoms with Crippen LogP contribution in [0.5, 0.6) is 0 Å². The van der Waals surface area contributed by atoms with E-state index in [2.05, 4.69) is 48.4 Å². The Morgan fingerprint density at radius 3 is 2.56 bits per heavy atom. The Balaban J connectivity index is 1.49. The van der Waals surface area contributed by atoms with E-state index < -0.39 is 0 Å². The molecule has 4 rings (SSSR count). The highest BCUT2D eigenvalue weighted by atomic mass is 16.2. The van der Waals surface area contributed by atoms with Gasteiger partial charge in [-0.3, -0.25) is 24.5 Å². The zero-order valence-corrected chi connectivity index (χ0v) is 19.5. The Bertz CT molecular complexity index is 1130. The molecule has 2 aliphatic carbocycles. The maximum absolute atomic E-state index is 13.0.